The fraction of sp³-hybridized carbons (Fsp3) is 0.273. The molecular formula is C22H25N3O3. The van der Waals surface area contributed by atoms with Crippen molar-refractivity contribution in [3.8, 4) is 11.4 Å². The molecule has 0 bridgehead atoms. The molecule has 0 radical (unpaired) electrons. The lowest BCUT2D eigenvalue weighted by Gasteiger charge is -2.17. The molecule has 0 aliphatic rings. The molecule has 28 heavy (non-hydrogen) atoms. The van der Waals surface area contributed by atoms with Crippen LogP contribution in [0.3, 0.4) is 0 Å². The van der Waals surface area contributed by atoms with E-state index in [0.717, 1.165) is 11.3 Å². The fourth-order valence-electron chi connectivity index (χ4n) is 3.09. The van der Waals surface area contributed by atoms with Crippen LogP contribution >= 0.6 is 0 Å². The number of rotatable bonds is 6. The van der Waals surface area contributed by atoms with Gasteiger partial charge < -0.3 is 10.1 Å². The Morgan fingerprint density at radius 2 is 1.82 bits per heavy atom. The molecule has 1 aromatic heterocycles. The summed E-state index contributed by atoms with van der Waals surface area (Å²) < 4.78 is 9.12. The van der Waals surface area contributed by atoms with Gasteiger partial charge in [0.05, 0.1) is 11.4 Å². The van der Waals surface area contributed by atoms with Gasteiger partial charge in [-0.3, -0.25) is 14.3 Å². The number of anilines is 1. The van der Waals surface area contributed by atoms with E-state index in [-0.39, 0.29) is 17.2 Å². The summed E-state index contributed by atoms with van der Waals surface area (Å²) in [6.07, 6.45) is -0.204. The van der Waals surface area contributed by atoms with Crippen molar-refractivity contribution in [2.75, 3.05) is 5.32 Å². The Labute approximate surface area is 164 Å². The number of hydrogen-bond donors (Lipinski definition) is 1. The fourth-order valence-corrected chi connectivity index (χ4v) is 3.09. The maximum Gasteiger partial charge on any atom is 0.295 e. The van der Waals surface area contributed by atoms with Gasteiger partial charge in [0.15, 0.2) is 6.10 Å². The number of amides is 1. The van der Waals surface area contributed by atoms with Crippen LogP contribution in [0.25, 0.3) is 5.69 Å². The van der Waals surface area contributed by atoms with E-state index < -0.39 is 6.10 Å². The third kappa shape index (κ3) is 3.86. The number of para-hydroxylation sites is 1. The lowest BCUT2D eigenvalue weighted by Crippen LogP contribution is -2.34. The van der Waals surface area contributed by atoms with Gasteiger partial charge in [-0.05, 0) is 50.1 Å². The molecule has 6 heteroatoms. The third-order valence-corrected chi connectivity index (χ3v) is 4.73. The van der Waals surface area contributed by atoms with Gasteiger partial charge in [-0.25, -0.2) is 4.68 Å². The Kier molecular flexibility index (Phi) is 5.68. The second kappa shape index (κ2) is 8.17. The third-order valence-electron chi connectivity index (χ3n) is 4.73. The molecule has 0 saturated carbocycles. The second-order valence-electron chi connectivity index (χ2n) is 6.76. The SMILES string of the molecule is CC[C@H](Oc1cccc(C)c1)C(=O)Nc1c(C)n(C)n(-c2ccccc2)c1=O. The molecule has 0 fully saturated rings. The number of aromatic nitrogens is 2. The van der Waals surface area contributed by atoms with E-state index in [2.05, 4.69) is 5.32 Å². The van der Waals surface area contributed by atoms with Gasteiger partial charge in [-0.2, -0.15) is 0 Å². The van der Waals surface area contributed by atoms with Crippen molar-refractivity contribution in [1.82, 2.24) is 9.36 Å². The molecule has 1 atom stereocenters. The molecule has 0 spiro atoms. The van der Waals surface area contributed by atoms with E-state index in [0.29, 0.717) is 17.9 Å². The van der Waals surface area contributed by atoms with Gasteiger partial charge in [-0.1, -0.05) is 37.3 Å². The van der Waals surface area contributed by atoms with Crippen LogP contribution in [0.2, 0.25) is 0 Å². The smallest absolute Gasteiger partial charge is 0.295 e. The van der Waals surface area contributed by atoms with Gasteiger partial charge in [0, 0.05) is 7.05 Å². The largest absolute Gasteiger partial charge is 0.481 e. The zero-order chi connectivity index (χ0) is 20.3. The van der Waals surface area contributed by atoms with Gasteiger partial charge in [0.25, 0.3) is 11.5 Å². The monoisotopic (exact) mass is 379 g/mol. The quantitative estimate of drug-likeness (QED) is 0.712. The van der Waals surface area contributed by atoms with Crippen molar-refractivity contribution >= 4 is 11.6 Å². The Balaban J connectivity index is 1.86. The highest BCUT2D eigenvalue weighted by molar-refractivity contribution is 5.94. The number of ether oxygens (including phenoxy) is 1. The lowest BCUT2D eigenvalue weighted by atomic mass is 10.2. The van der Waals surface area contributed by atoms with E-state index >= 15 is 0 Å². The van der Waals surface area contributed by atoms with Crippen molar-refractivity contribution < 1.29 is 9.53 Å². The highest BCUT2D eigenvalue weighted by Crippen LogP contribution is 2.18. The Morgan fingerprint density at radius 3 is 2.46 bits per heavy atom. The summed E-state index contributed by atoms with van der Waals surface area (Å²) in [6.45, 7) is 5.65. The molecule has 1 N–H and O–H groups in total. The Bertz CT molecular complexity index is 1030. The first-order valence-corrected chi connectivity index (χ1v) is 9.30. The number of benzene rings is 2. The van der Waals surface area contributed by atoms with Crippen molar-refractivity contribution in [2.45, 2.75) is 33.3 Å². The normalized spacial score (nSPS) is 11.9. The van der Waals surface area contributed by atoms with Gasteiger partial charge in [-0.15, -0.1) is 0 Å². The summed E-state index contributed by atoms with van der Waals surface area (Å²) in [5, 5.41) is 2.78. The molecule has 0 saturated heterocycles. The molecule has 3 rings (SSSR count). The standard InChI is InChI=1S/C22H25N3O3/c1-5-19(28-18-13-9-10-15(2)14-18)21(26)23-20-16(3)24(4)25(22(20)27)17-11-7-6-8-12-17/h6-14,19H,5H2,1-4H3,(H,23,26)/t19-/m0/s1. The average molecular weight is 379 g/mol. The highest BCUT2D eigenvalue weighted by Gasteiger charge is 2.23. The van der Waals surface area contributed by atoms with Crippen molar-refractivity contribution in [3.63, 3.8) is 0 Å². The van der Waals surface area contributed by atoms with Crippen LogP contribution in [0.4, 0.5) is 5.69 Å². The van der Waals surface area contributed by atoms with Gasteiger partial charge in [0.1, 0.15) is 11.4 Å². The van der Waals surface area contributed by atoms with Crippen LogP contribution in [-0.4, -0.2) is 21.4 Å². The van der Waals surface area contributed by atoms with E-state index in [4.69, 9.17) is 4.74 Å². The Hall–Kier alpha value is -3.28. The van der Waals surface area contributed by atoms with Crippen LogP contribution in [0.1, 0.15) is 24.6 Å². The van der Waals surface area contributed by atoms with Crippen molar-refractivity contribution in [3.05, 3.63) is 76.2 Å². The van der Waals surface area contributed by atoms with Crippen LogP contribution in [0, 0.1) is 13.8 Å². The number of nitrogens with one attached hydrogen (secondary N) is 1. The minimum absolute atomic E-state index is 0.266. The van der Waals surface area contributed by atoms with Crippen molar-refractivity contribution in [2.24, 2.45) is 7.05 Å². The maximum atomic E-state index is 12.9. The summed E-state index contributed by atoms with van der Waals surface area (Å²) in [6, 6.07) is 16.9. The van der Waals surface area contributed by atoms with E-state index in [9.17, 15) is 9.59 Å². The summed E-state index contributed by atoms with van der Waals surface area (Å²) >= 11 is 0. The molecular weight excluding hydrogens is 354 g/mol. The maximum absolute atomic E-state index is 12.9. The minimum Gasteiger partial charge on any atom is -0.481 e. The summed E-state index contributed by atoms with van der Waals surface area (Å²) in [7, 11) is 1.79. The predicted molar refractivity (Wildman–Crippen MR) is 110 cm³/mol. The highest BCUT2D eigenvalue weighted by atomic mass is 16.5. The first-order valence-electron chi connectivity index (χ1n) is 9.30. The zero-order valence-electron chi connectivity index (χ0n) is 16.6. The van der Waals surface area contributed by atoms with E-state index in [1.165, 1.54) is 4.68 Å². The molecule has 146 valence electrons. The molecule has 6 nitrogen and oxygen atoms in total. The van der Waals surface area contributed by atoms with Crippen LogP contribution in [0.15, 0.2) is 59.4 Å². The second-order valence-corrected chi connectivity index (χ2v) is 6.76. The topological polar surface area (TPSA) is 65.3 Å². The van der Waals surface area contributed by atoms with Crippen LogP contribution in [-0.2, 0) is 11.8 Å². The van der Waals surface area contributed by atoms with Crippen LogP contribution in [0.5, 0.6) is 5.75 Å². The lowest BCUT2D eigenvalue weighted by molar-refractivity contribution is -0.122. The first kappa shape index (κ1) is 19.5. The Morgan fingerprint density at radius 1 is 1.11 bits per heavy atom. The van der Waals surface area contributed by atoms with Gasteiger partial charge >= 0.3 is 0 Å². The van der Waals surface area contributed by atoms with Gasteiger partial charge in [0.2, 0.25) is 0 Å². The van der Waals surface area contributed by atoms with E-state index in [1.807, 2.05) is 68.4 Å². The number of aryl methyl sites for hydroxylation is 1. The molecule has 1 heterocycles. The first-order chi connectivity index (χ1) is 13.4. The zero-order valence-corrected chi connectivity index (χ0v) is 16.6. The number of nitrogens with zero attached hydrogens (tertiary/aromatic N) is 2. The summed E-state index contributed by atoms with van der Waals surface area (Å²) in [4.78, 5) is 25.7. The molecule has 0 aliphatic carbocycles. The molecule has 0 aliphatic heterocycles. The number of carbonyl (C=O) groups excluding carboxylic acids is 1. The number of carbonyl (C=O) groups is 1. The predicted octanol–water partition coefficient (Wildman–Crippen LogP) is 3.59. The summed E-state index contributed by atoms with van der Waals surface area (Å²) in [5.41, 5.74) is 2.46. The number of hydrogen-bond acceptors (Lipinski definition) is 3. The molecule has 2 aromatic carbocycles. The molecule has 1 amide bonds. The summed E-state index contributed by atoms with van der Waals surface area (Å²) in [5.74, 6) is 0.295. The van der Waals surface area contributed by atoms with E-state index in [1.54, 1.807) is 18.7 Å². The van der Waals surface area contributed by atoms with Crippen LogP contribution < -0.4 is 15.6 Å². The average Bonchev–Trinajstić information content (AvgIpc) is 2.90. The van der Waals surface area contributed by atoms with Crippen molar-refractivity contribution in [1.29, 1.82) is 0 Å². The minimum atomic E-state index is -0.689. The molecule has 3 aromatic rings. The molecule has 0 unspecified atom stereocenters.